The van der Waals surface area contributed by atoms with E-state index in [0.717, 1.165) is 57.1 Å². The summed E-state index contributed by atoms with van der Waals surface area (Å²) in [6, 6.07) is 11.2. The number of amides is 1. The topological polar surface area (TPSA) is 74.2 Å². The Morgan fingerprint density at radius 1 is 1.18 bits per heavy atom. The van der Waals surface area contributed by atoms with Crippen LogP contribution in [0.1, 0.15) is 71.3 Å². The Morgan fingerprint density at radius 2 is 1.82 bits per heavy atom. The Balaban J connectivity index is 1.42. The summed E-state index contributed by atoms with van der Waals surface area (Å²) < 4.78 is 5.35. The molecule has 2 saturated carbocycles. The summed E-state index contributed by atoms with van der Waals surface area (Å²) in [6.07, 6.45) is 8.03. The van der Waals surface area contributed by atoms with Gasteiger partial charge in [0, 0.05) is 11.7 Å². The van der Waals surface area contributed by atoms with Gasteiger partial charge in [0.15, 0.2) is 0 Å². The van der Waals surface area contributed by atoms with Crippen LogP contribution in [0.4, 0.5) is 10.5 Å². The Morgan fingerprint density at radius 3 is 2.32 bits per heavy atom. The number of hydrogen-bond acceptors (Lipinski definition) is 4. The first-order valence-corrected chi connectivity index (χ1v) is 10.5. The van der Waals surface area contributed by atoms with E-state index >= 15 is 0 Å². The number of alkyl carbamates (subject to hydrolysis) is 1. The molecule has 0 bridgehead atoms. The molecule has 0 atom stereocenters. The monoisotopic (exact) mass is 383 g/mol. The number of ether oxygens (including phenoxy) is 1. The van der Waals surface area contributed by atoms with Gasteiger partial charge in [-0.1, -0.05) is 12.1 Å². The lowest BCUT2D eigenvalue weighted by molar-refractivity contribution is 0.0487. The Kier molecular flexibility index (Phi) is 6.17. The number of anilines is 1. The molecule has 0 saturated heterocycles. The van der Waals surface area contributed by atoms with Crippen LogP contribution in [0.2, 0.25) is 0 Å². The zero-order chi connectivity index (χ0) is 20.2. The minimum Gasteiger partial charge on any atom is -0.444 e. The standard InChI is InChI=1S/C23H33N3O2/c1-22(2,3)28-21(27)25-19-9-5-17(6-10-19)15-18-7-11-20(12-8-18)26-23(16-24)13-4-14-23/h7-8,11-12,17,19,26H,4-6,9-10,13-15H2,1-3H3,(H,25,27). The second-order valence-corrected chi connectivity index (χ2v) is 9.44. The Bertz CT molecular complexity index is 703. The lowest BCUT2D eigenvalue weighted by atomic mass is 9.78. The van der Waals surface area contributed by atoms with E-state index < -0.39 is 5.60 Å². The normalized spacial score (nSPS) is 23.8. The first-order chi connectivity index (χ1) is 13.3. The average Bonchev–Trinajstić information content (AvgIpc) is 2.60. The van der Waals surface area contributed by atoms with Crippen molar-refractivity contribution in [2.24, 2.45) is 5.92 Å². The van der Waals surface area contributed by atoms with Crippen LogP contribution in [0.5, 0.6) is 0 Å². The van der Waals surface area contributed by atoms with E-state index in [1.165, 1.54) is 5.56 Å². The summed E-state index contributed by atoms with van der Waals surface area (Å²) in [7, 11) is 0. The molecule has 0 heterocycles. The summed E-state index contributed by atoms with van der Waals surface area (Å²) in [5.41, 5.74) is 1.58. The third kappa shape index (κ3) is 5.64. The summed E-state index contributed by atoms with van der Waals surface area (Å²) in [6.45, 7) is 5.66. The van der Waals surface area contributed by atoms with Gasteiger partial charge in [0.1, 0.15) is 11.1 Å². The van der Waals surface area contributed by atoms with Gasteiger partial charge in [-0.05, 0) is 95.8 Å². The molecule has 0 aliphatic heterocycles. The van der Waals surface area contributed by atoms with Crippen LogP contribution < -0.4 is 10.6 Å². The highest BCUT2D eigenvalue weighted by molar-refractivity contribution is 5.68. The summed E-state index contributed by atoms with van der Waals surface area (Å²) >= 11 is 0. The number of hydrogen-bond donors (Lipinski definition) is 2. The summed E-state index contributed by atoms with van der Waals surface area (Å²) in [5.74, 6) is 0.660. The predicted octanol–water partition coefficient (Wildman–Crippen LogP) is 5.17. The highest BCUT2D eigenvalue weighted by Crippen LogP contribution is 2.35. The van der Waals surface area contributed by atoms with Crippen molar-refractivity contribution in [3.8, 4) is 6.07 Å². The van der Waals surface area contributed by atoms with E-state index in [1.807, 2.05) is 20.8 Å². The molecule has 152 valence electrons. The van der Waals surface area contributed by atoms with E-state index in [9.17, 15) is 10.1 Å². The minimum atomic E-state index is -0.451. The molecule has 2 N–H and O–H groups in total. The molecule has 2 aliphatic carbocycles. The Labute approximate surface area is 168 Å². The molecule has 0 unspecified atom stereocenters. The fourth-order valence-corrected chi connectivity index (χ4v) is 4.11. The molecule has 5 heteroatoms. The second kappa shape index (κ2) is 8.43. The molecule has 0 radical (unpaired) electrons. The van der Waals surface area contributed by atoms with Crippen molar-refractivity contribution in [3.05, 3.63) is 29.8 Å². The molecule has 1 amide bonds. The van der Waals surface area contributed by atoms with E-state index in [-0.39, 0.29) is 17.7 Å². The highest BCUT2D eigenvalue weighted by atomic mass is 16.6. The predicted molar refractivity (Wildman–Crippen MR) is 111 cm³/mol. The number of nitrogens with one attached hydrogen (secondary N) is 2. The fourth-order valence-electron chi connectivity index (χ4n) is 4.11. The van der Waals surface area contributed by atoms with E-state index in [2.05, 4.69) is 41.0 Å². The quantitative estimate of drug-likeness (QED) is 0.735. The van der Waals surface area contributed by atoms with Crippen LogP contribution in [0.15, 0.2) is 24.3 Å². The average molecular weight is 384 g/mol. The van der Waals surface area contributed by atoms with Crippen LogP contribution in [0, 0.1) is 17.2 Å². The van der Waals surface area contributed by atoms with Crippen molar-refractivity contribution >= 4 is 11.8 Å². The number of carbonyl (C=O) groups is 1. The second-order valence-electron chi connectivity index (χ2n) is 9.44. The number of nitriles is 1. The maximum absolute atomic E-state index is 11.9. The maximum atomic E-state index is 11.9. The van der Waals surface area contributed by atoms with Crippen LogP contribution in [-0.2, 0) is 11.2 Å². The third-order valence-corrected chi connectivity index (χ3v) is 5.85. The first kappa shape index (κ1) is 20.5. The van der Waals surface area contributed by atoms with Gasteiger partial charge in [-0.25, -0.2) is 4.79 Å². The Hall–Kier alpha value is -2.22. The van der Waals surface area contributed by atoms with Crippen LogP contribution >= 0.6 is 0 Å². The molecule has 0 aromatic heterocycles. The van der Waals surface area contributed by atoms with Crippen molar-refractivity contribution in [3.63, 3.8) is 0 Å². The number of carbonyl (C=O) groups excluding carboxylic acids is 1. The van der Waals surface area contributed by atoms with Gasteiger partial charge in [-0.15, -0.1) is 0 Å². The number of rotatable bonds is 5. The molecule has 0 spiro atoms. The van der Waals surface area contributed by atoms with Crippen molar-refractivity contribution in [1.82, 2.24) is 5.32 Å². The lowest BCUT2D eigenvalue weighted by Gasteiger charge is -2.36. The van der Waals surface area contributed by atoms with Gasteiger partial charge in [0.2, 0.25) is 0 Å². The number of benzene rings is 1. The van der Waals surface area contributed by atoms with E-state index in [1.54, 1.807) is 0 Å². The van der Waals surface area contributed by atoms with Crippen LogP contribution in [-0.4, -0.2) is 23.3 Å². The molecular formula is C23H33N3O2. The zero-order valence-electron chi connectivity index (χ0n) is 17.4. The molecule has 3 rings (SSSR count). The highest BCUT2D eigenvalue weighted by Gasteiger charge is 2.37. The largest absolute Gasteiger partial charge is 0.444 e. The summed E-state index contributed by atoms with van der Waals surface area (Å²) in [4.78, 5) is 11.9. The molecule has 1 aromatic carbocycles. The van der Waals surface area contributed by atoms with Crippen molar-refractivity contribution in [2.75, 3.05) is 5.32 Å². The maximum Gasteiger partial charge on any atom is 0.407 e. The summed E-state index contributed by atoms with van der Waals surface area (Å²) in [5, 5.41) is 15.8. The van der Waals surface area contributed by atoms with Crippen LogP contribution in [0.3, 0.4) is 0 Å². The molecule has 2 fully saturated rings. The molecule has 5 nitrogen and oxygen atoms in total. The zero-order valence-corrected chi connectivity index (χ0v) is 17.4. The van der Waals surface area contributed by atoms with E-state index in [4.69, 9.17) is 4.74 Å². The SMILES string of the molecule is CC(C)(C)OC(=O)NC1CCC(Cc2ccc(NC3(C#N)CCC3)cc2)CC1. The molecule has 1 aromatic rings. The van der Waals surface area contributed by atoms with Crippen LogP contribution in [0.25, 0.3) is 0 Å². The molecular weight excluding hydrogens is 350 g/mol. The van der Waals surface area contributed by atoms with Gasteiger partial charge >= 0.3 is 6.09 Å². The third-order valence-electron chi connectivity index (χ3n) is 5.85. The smallest absolute Gasteiger partial charge is 0.407 e. The van der Waals surface area contributed by atoms with Crippen molar-refractivity contribution < 1.29 is 9.53 Å². The van der Waals surface area contributed by atoms with Crippen molar-refractivity contribution in [2.45, 2.75) is 89.3 Å². The lowest BCUT2D eigenvalue weighted by Crippen LogP contribution is -2.43. The minimum absolute atomic E-state index is 0.224. The molecule has 2 aliphatic rings. The van der Waals surface area contributed by atoms with Gasteiger partial charge in [0.05, 0.1) is 6.07 Å². The number of nitrogens with zero attached hydrogens (tertiary/aromatic N) is 1. The molecule has 28 heavy (non-hydrogen) atoms. The van der Waals surface area contributed by atoms with Gasteiger partial charge in [0.25, 0.3) is 0 Å². The fraction of sp³-hybridized carbons (Fsp3) is 0.652. The van der Waals surface area contributed by atoms with Gasteiger partial charge in [-0.3, -0.25) is 0 Å². The van der Waals surface area contributed by atoms with Gasteiger partial charge < -0.3 is 15.4 Å². The van der Waals surface area contributed by atoms with E-state index in [0.29, 0.717) is 5.92 Å². The van der Waals surface area contributed by atoms with Gasteiger partial charge in [-0.2, -0.15) is 5.26 Å². The first-order valence-electron chi connectivity index (χ1n) is 10.5. The van der Waals surface area contributed by atoms with Crippen molar-refractivity contribution in [1.29, 1.82) is 5.26 Å².